The van der Waals surface area contributed by atoms with Crippen LogP contribution in [0.15, 0.2) is 6.20 Å². The number of nitrogens with one attached hydrogen (secondary N) is 1. The minimum absolute atomic E-state index is 0.0368. The normalized spacial score (nSPS) is 28.0. The predicted molar refractivity (Wildman–Crippen MR) is 75.3 cm³/mol. The Kier molecular flexibility index (Phi) is 3.78. The first kappa shape index (κ1) is 13.6. The van der Waals surface area contributed by atoms with Crippen LogP contribution in [0.5, 0.6) is 0 Å². The molecule has 1 aromatic rings. The number of aliphatic hydroxyl groups excluding tert-OH is 1. The molecule has 20 heavy (non-hydrogen) atoms. The summed E-state index contributed by atoms with van der Waals surface area (Å²) >= 11 is 0. The molecule has 2 N–H and O–H groups in total. The lowest BCUT2D eigenvalue weighted by Crippen LogP contribution is -2.45. The molecule has 0 spiro atoms. The number of piperidine rings is 1. The maximum Gasteiger partial charge on any atom is 0.230 e. The van der Waals surface area contributed by atoms with Gasteiger partial charge in [0.15, 0.2) is 0 Å². The largest absolute Gasteiger partial charge is 0.393 e. The number of hydrogen-bond donors (Lipinski definition) is 2. The summed E-state index contributed by atoms with van der Waals surface area (Å²) in [5.74, 6) is 0.406. The average molecular weight is 277 g/mol. The lowest BCUT2D eigenvalue weighted by Gasteiger charge is -2.36. The van der Waals surface area contributed by atoms with Gasteiger partial charge in [-0.3, -0.25) is 9.89 Å². The number of amides is 1. The van der Waals surface area contributed by atoms with E-state index in [1.807, 2.05) is 18.0 Å². The van der Waals surface area contributed by atoms with Crippen LogP contribution in [0.3, 0.4) is 0 Å². The van der Waals surface area contributed by atoms with Crippen LogP contribution in [0.2, 0.25) is 0 Å². The summed E-state index contributed by atoms with van der Waals surface area (Å²) in [5, 5.41) is 16.9. The van der Waals surface area contributed by atoms with Crippen molar-refractivity contribution < 1.29 is 9.90 Å². The van der Waals surface area contributed by atoms with E-state index in [1.165, 1.54) is 0 Å². The van der Waals surface area contributed by atoms with E-state index in [0.29, 0.717) is 6.54 Å². The van der Waals surface area contributed by atoms with Crippen molar-refractivity contribution in [1.29, 1.82) is 0 Å². The molecule has 5 heteroatoms. The standard InChI is InChI=1S/C15H23N3O2/c1-10(19)11-4-3-7-18(9-11)15(20)12-5-2-6-14-13(12)8-16-17-14/h8,10-12,19H,2-7,9H2,1H3,(H,16,17). The number of carbonyl (C=O) groups is 1. The third-order valence-electron chi connectivity index (χ3n) is 4.80. The van der Waals surface area contributed by atoms with E-state index in [0.717, 1.165) is 49.9 Å². The number of H-pyrrole nitrogens is 1. The molecule has 0 radical (unpaired) electrons. The molecule has 110 valence electrons. The quantitative estimate of drug-likeness (QED) is 0.859. The summed E-state index contributed by atoms with van der Waals surface area (Å²) in [6.07, 6.45) is 6.44. The van der Waals surface area contributed by atoms with E-state index in [9.17, 15) is 9.90 Å². The molecule has 3 rings (SSSR count). The molecular formula is C15H23N3O2. The summed E-state index contributed by atoms with van der Waals surface area (Å²) in [5.41, 5.74) is 2.21. The maximum atomic E-state index is 12.8. The third-order valence-corrected chi connectivity index (χ3v) is 4.80. The van der Waals surface area contributed by atoms with Gasteiger partial charge in [-0.05, 0) is 39.0 Å². The number of likely N-dealkylation sites (tertiary alicyclic amines) is 1. The average Bonchev–Trinajstić information content (AvgIpc) is 2.95. The number of nitrogens with zero attached hydrogens (tertiary/aromatic N) is 2. The fourth-order valence-electron chi connectivity index (χ4n) is 3.54. The number of aliphatic hydroxyl groups is 1. The molecule has 2 aliphatic rings. The highest BCUT2D eigenvalue weighted by Gasteiger charge is 2.34. The van der Waals surface area contributed by atoms with Crippen molar-refractivity contribution in [1.82, 2.24) is 15.1 Å². The Morgan fingerprint density at radius 2 is 2.35 bits per heavy atom. The van der Waals surface area contributed by atoms with Crippen LogP contribution in [0.1, 0.15) is 49.8 Å². The van der Waals surface area contributed by atoms with Crippen molar-refractivity contribution >= 4 is 5.91 Å². The third kappa shape index (κ3) is 2.46. The van der Waals surface area contributed by atoms with E-state index in [-0.39, 0.29) is 23.8 Å². The number of aromatic nitrogens is 2. The van der Waals surface area contributed by atoms with Crippen molar-refractivity contribution in [2.75, 3.05) is 13.1 Å². The first-order chi connectivity index (χ1) is 9.66. The molecule has 3 unspecified atom stereocenters. The molecule has 1 aliphatic carbocycles. The van der Waals surface area contributed by atoms with Crippen molar-refractivity contribution in [3.05, 3.63) is 17.5 Å². The highest BCUT2D eigenvalue weighted by Crippen LogP contribution is 2.33. The molecule has 1 saturated heterocycles. The second-order valence-corrected chi connectivity index (χ2v) is 6.18. The Morgan fingerprint density at radius 1 is 1.50 bits per heavy atom. The highest BCUT2D eigenvalue weighted by molar-refractivity contribution is 5.84. The Morgan fingerprint density at radius 3 is 3.15 bits per heavy atom. The monoisotopic (exact) mass is 277 g/mol. The highest BCUT2D eigenvalue weighted by atomic mass is 16.3. The van der Waals surface area contributed by atoms with Crippen molar-refractivity contribution in [3.63, 3.8) is 0 Å². The van der Waals surface area contributed by atoms with Gasteiger partial charge in [0, 0.05) is 30.3 Å². The Labute approximate surface area is 119 Å². The Balaban J connectivity index is 1.74. The van der Waals surface area contributed by atoms with E-state index in [2.05, 4.69) is 10.2 Å². The summed E-state index contributed by atoms with van der Waals surface area (Å²) in [4.78, 5) is 14.7. The molecule has 1 fully saturated rings. The Bertz CT molecular complexity index is 483. The minimum Gasteiger partial charge on any atom is -0.393 e. The van der Waals surface area contributed by atoms with Gasteiger partial charge in [-0.2, -0.15) is 5.10 Å². The summed E-state index contributed by atoms with van der Waals surface area (Å²) in [7, 11) is 0. The van der Waals surface area contributed by atoms with Gasteiger partial charge in [0.2, 0.25) is 5.91 Å². The summed E-state index contributed by atoms with van der Waals surface area (Å²) in [6, 6.07) is 0. The number of aromatic amines is 1. The molecule has 0 aromatic carbocycles. The summed E-state index contributed by atoms with van der Waals surface area (Å²) in [6.45, 7) is 3.35. The fourth-order valence-corrected chi connectivity index (χ4v) is 3.54. The van der Waals surface area contributed by atoms with Crippen LogP contribution >= 0.6 is 0 Å². The fraction of sp³-hybridized carbons (Fsp3) is 0.733. The number of aryl methyl sites for hydroxylation is 1. The lowest BCUT2D eigenvalue weighted by atomic mass is 9.85. The molecular weight excluding hydrogens is 254 g/mol. The van der Waals surface area contributed by atoms with Crippen LogP contribution in [-0.2, 0) is 11.2 Å². The van der Waals surface area contributed by atoms with Crippen LogP contribution < -0.4 is 0 Å². The van der Waals surface area contributed by atoms with Crippen molar-refractivity contribution in [3.8, 4) is 0 Å². The molecule has 2 heterocycles. The zero-order valence-electron chi connectivity index (χ0n) is 12.0. The predicted octanol–water partition coefficient (Wildman–Crippen LogP) is 1.45. The number of fused-ring (bicyclic) bond motifs is 1. The van der Waals surface area contributed by atoms with Gasteiger partial charge in [-0.25, -0.2) is 0 Å². The molecule has 0 bridgehead atoms. The Hall–Kier alpha value is -1.36. The molecule has 0 saturated carbocycles. The molecule has 1 amide bonds. The van der Waals surface area contributed by atoms with Crippen LogP contribution in [-0.4, -0.2) is 45.3 Å². The second-order valence-electron chi connectivity index (χ2n) is 6.18. The van der Waals surface area contributed by atoms with Crippen molar-refractivity contribution in [2.24, 2.45) is 5.92 Å². The zero-order chi connectivity index (χ0) is 14.1. The lowest BCUT2D eigenvalue weighted by molar-refractivity contribution is -0.135. The van der Waals surface area contributed by atoms with E-state index < -0.39 is 0 Å². The minimum atomic E-state index is -0.332. The van der Waals surface area contributed by atoms with Crippen molar-refractivity contribution in [2.45, 2.75) is 51.0 Å². The van der Waals surface area contributed by atoms with Crippen LogP contribution in [0.25, 0.3) is 0 Å². The number of carbonyl (C=O) groups excluding carboxylic acids is 1. The van der Waals surface area contributed by atoms with Gasteiger partial charge < -0.3 is 10.0 Å². The first-order valence-corrected chi connectivity index (χ1v) is 7.66. The van der Waals surface area contributed by atoms with Crippen LogP contribution in [0, 0.1) is 5.92 Å². The molecule has 1 aliphatic heterocycles. The SMILES string of the molecule is CC(O)C1CCCN(C(=O)C2CCCc3[nH]ncc32)C1. The van der Waals surface area contributed by atoms with Gasteiger partial charge in [0.1, 0.15) is 0 Å². The van der Waals surface area contributed by atoms with E-state index in [1.54, 1.807) is 0 Å². The number of rotatable bonds is 2. The second kappa shape index (κ2) is 5.56. The van der Waals surface area contributed by atoms with Gasteiger partial charge in [-0.15, -0.1) is 0 Å². The molecule has 1 aromatic heterocycles. The molecule has 3 atom stereocenters. The smallest absolute Gasteiger partial charge is 0.230 e. The van der Waals surface area contributed by atoms with Crippen LogP contribution in [0.4, 0.5) is 0 Å². The van der Waals surface area contributed by atoms with Gasteiger partial charge in [-0.1, -0.05) is 0 Å². The topological polar surface area (TPSA) is 69.2 Å². The molecule has 5 nitrogen and oxygen atoms in total. The van der Waals surface area contributed by atoms with E-state index >= 15 is 0 Å². The van der Waals surface area contributed by atoms with Gasteiger partial charge >= 0.3 is 0 Å². The van der Waals surface area contributed by atoms with Gasteiger partial charge in [0.25, 0.3) is 0 Å². The maximum absolute atomic E-state index is 12.8. The first-order valence-electron chi connectivity index (χ1n) is 7.66. The zero-order valence-corrected chi connectivity index (χ0v) is 12.0. The van der Waals surface area contributed by atoms with E-state index in [4.69, 9.17) is 0 Å². The van der Waals surface area contributed by atoms with Gasteiger partial charge in [0.05, 0.1) is 18.2 Å². The number of hydrogen-bond acceptors (Lipinski definition) is 3. The summed E-state index contributed by atoms with van der Waals surface area (Å²) < 4.78 is 0.